The van der Waals surface area contributed by atoms with E-state index in [1.54, 1.807) is 42.5 Å². The highest BCUT2D eigenvalue weighted by Crippen LogP contribution is 2.29. The Bertz CT molecular complexity index is 805. The maximum absolute atomic E-state index is 12.2. The summed E-state index contributed by atoms with van der Waals surface area (Å²) in [5.41, 5.74) is 1.56. The van der Waals surface area contributed by atoms with Crippen LogP contribution >= 0.6 is 27.5 Å². The van der Waals surface area contributed by atoms with Crippen molar-refractivity contribution in [3.63, 3.8) is 0 Å². The van der Waals surface area contributed by atoms with Crippen molar-refractivity contribution in [2.24, 2.45) is 4.99 Å². The first-order valence-electron chi connectivity index (χ1n) is 6.74. The molecule has 1 aliphatic rings. The van der Waals surface area contributed by atoms with Crippen LogP contribution in [0.2, 0.25) is 5.02 Å². The second kappa shape index (κ2) is 6.52. The number of hydrogen-bond acceptors (Lipinski definition) is 3. The molecule has 0 saturated carbocycles. The number of nitrogens with zero attached hydrogens (tertiary/aromatic N) is 1. The molecule has 2 N–H and O–H groups in total. The van der Waals surface area contributed by atoms with Gasteiger partial charge in [-0.2, -0.15) is 0 Å². The van der Waals surface area contributed by atoms with Crippen molar-refractivity contribution in [1.29, 1.82) is 0 Å². The van der Waals surface area contributed by atoms with E-state index in [2.05, 4.69) is 31.6 Å². The number of benzene rings is 2. The first kappa shape index (κ1) is 15.7. The van der Waals surface area contributed by atoms with E-state index in [1.165, 1.54) is 6.21 Å². The maximum Gasteiger partial charge on any atom is 0.252 e. The number of hydrogen-bond donors (Lipinski definition) is 2. The molecule has 7 heteroatoms. The minimum atomic E-state index is -0.864. The molecule has 1 aliphatic heterocycles. The summed E-state index contributed by atoms with van der Waals surface area (Å²) in [6, 6.07) is 11.0. The first-order chi connectivity index (χ1) is 11.0. The second-order valence-corrected chi connectivity index (χ2v) is 6.24. The van der Waals surface area contributed by atoms with Crippen LogP contribution in [0.25, 0.3) is 0 Å². The zero-order valence-corrected chi connectivity index (χ0v) is 14.1. The van der Waals surface area contributed by atoms with Gasteiger partial charge in [0.1, 0.15) is 6.04 Å². The molecular formula is C16H11BrClN3O2. The molecular weight excluding hydrogens is 382 g/mol. The third-order valence-electron chi connectivity index (χ3n) is 3.25. The summed E-state index contributed by atoms with van der Waals surface area (Å²) in [5, 5.41) is 5.85. The summed E-state index contributed by atoms with van der Waals surface area (Å²) in [5.74, 6) is -0.728. The molecule has 5 nitrogen and oxygen atoms in total. The van der Waals surface area contributed by atoms with Gasteiger partial charge in [-0.3, -0.25) is 14.6 Å². The van der Waals surface area contributed by atoms with Crippen LogP contribution in [-0.2, 0) is 4.79 Å². The fourth-order valence-electron chi connectivity index (χ4n) is 2.08. The molecule has 2 aromatic rings. The van der Waals surface area contributed by atoms with Gasteiger partial charge in [0.2, 0.25) is 0 Å². The number of halogens is 2. The highest BCUT2D eigenvalue weighted by molar-refractivity contribution is 9.10. The van der Waals surface area contributed by atoms with Crippen molar-refractivity contribution >= 4 is 56.9 Å². The highest BCUT2D eigenvalue weighted by Gasteiger charge is 2.23. The van der Waals surface area contributed by atoms with Gasteiger partial charge in [0, 0.05) is 21.3 Å². The van der Waals surface area contributed by atoms with Gasteiger partial charge in [-0.05, 0) is 42.5 Å². The number of nitrogens with one attached hydrogen (secondary N) is 2. The van der Waals surface area contributed by atoms with E-state index in [1.807, 2.05) is 0 Å². The van der Waals surface area contributed by atoms with E-state index in [0.717, 1.165) is 4.47 Å². The average molecular weight is 393 g/mol. The lowest BCUT2D eigenvalue weighted by molar-refractivity contribution is -0.116. The smallest absolute Gasteiger partial charge is 0.252 e. The predicted octanol–water partition coefficient (Wildman–Crippen LogP) is 3.56. The number of fused-ring (bicyclic) bond motifs is 1. The van der Waals surface area contributed by atoms with Crippen LogP contribution in [0.15, 0.2) is 51.9 Å². The Labute approximate surface area is 145 Å². The molecule has 1 heterocycles. The van der Waals surface area contributed by atoms with Crippen molar-refractivity contribution in [1.82, 2.24) is 5.32 Å². The fourth-order valence-corrected chi connectivity index (χ4v) is 2.52. The molecule has 0 aliphatic carbocycles. The third kappa shape index (κ3) is 3.60. The lowest BCUT2D eigenvalue weighted by Gasteiger charge is -2.13. The van der Waals surface area contributed by atoms with Crippen LogP contribution in [-0.4, -0.2) is 24.1 Å². The van der Waals surface area contributed by atoms with E-state index in [0.29, 0.717) is 22.0 Å². The Morgan fingerprint density at radius 2 is 1.96 bits per heavy atom. The second-order valence-electron chi connectivity index (χ2n) is 4.89. The molecule has 1 atom stereocenters. The van der Waals surface area contributed by atoms with E-state index in [-0.39, 0.29) is 11.8 Å². The molecule has 0 spiro atoms. The SMILES string of the molecule is O=C(N[C@@H]1C=Nc2ccc(Cl)cc2NC1=O)c1ccc(Br)cc1. The Kier molecular flexibility index (Phi) is 4.45. The van der Waals surface area contributed by atoms with Crippen molar-refractivity contribution in [3.05, 3.63) is 57.5 Å². The molecule has 3 rings (SSSR count). The molecule has 0 bridgehead atoms. The Morgan fingerprint density at radius 3 is 2.70 bits per heavy atom. The zero-order valence-electron chi connectivity index (χ0n) is 11.7. The summed E-state index contributed by atoms with van der Waals surface area (Å²) in [7, 11) is 0. The normalized spacial score (nSPS) is 16.3. The molecule has 0 unspecified atom stereocenters. The summed E-state index contributed by atoms with van der Waals surface area (Å²) in [6.07, 6.45) is 1.41. The average Bonchev–Trinajstić information content (AvgIpc) is 2.67. The van der Waals surface area contributed by atoms with Gasteiger partial charge in [-0.15, -0.1) is 0 Å². The van der Waals surface area contributed by atoms with Crippen molar-refractivity contribution in [2.45, 2.75) is 6.04 Å². The molecule has 2 amide bonds. The number of rotatable bonds is 2. The van der Waals surface area contributed by atoms with E-state index >= 15 is 0 Å². The van der Waals surface area contributed by atoms with Crippen LogP contribution < -0.4 is 10.6 Å². The predicted molar refractivity (Wildman–Crippen MR) is 93.6 cm³/mol. The van der Waals surface area contributed by atoms with Gasteiger partial charge in [-0.25, -0.2) is 0 Å². The fraction of sp³-hybridized carbons (Fsp3) is 0.0625. The van der Waals surface area contributed by atoms with Gasteiger partial charge in [-0.1, -0.05) is 27.5 Å². The lowest BCUT2D eigenvalue weighted by atomic mass is 10.2. The number of carbonyl (C=O) groups is 2. The van der Waals surface area contributed by atoms with Crippen molar-refractivity contribution < 1.29 is 9.59 Å². The Hall–Kier alpha value is -2.18. The summed E-state index contributed by atoms with van der Waals surface area (Å²) >= 11 is 9.22. The van der Waals surface area contributed by atoms with Gasteiger partial charge >= 0.3 is 0 Å². The summed E-state index contributed by atoms with van der Waals surface area (Å²) in [6.45, 7) is 0. The molecule has 23 heavy (non-hydrogen) atoms. The van der Waals surface area contributed by atoms with Gasteiger partial charge in [0.15, 0.2) is 0 Å². The molecule has 116 valence electrons. The van der Waals surface area contributed by atoms with Crippen LogP contribution in [0.1, 0.15) is 10.4 Å². The number of carbonyl (C=O) groups excluding carboxylic acids is 2. The van der Waals surface area contributed by atoms with Crippen LogP contribution in [0.5, 0.6) is 0 Å². The third-order valence-corrected chi connectivity index (χ3v) is 4.02. The van der Waals surface area contributed by atoms with Crippen molar-refractivity contribution in [2.75, 3.05) is 5.32 Å². The largest absolute Gasteiger partial charge is 0.336 e. The van der Waals surface area contributed by atoms with Crippen molar-refractivity contribution in [3.8, 4) is 0 Å². The van der Waals surface area contributed by atoms with E-state index in [9.17, 15) is 9.59 Å². The molecule has 0 radical (unpaired) electrons. The minimum Gasteiger partial charge on any atom is -0.336 e. The van der Waals surface area contributed by atoms with Gasteiger partial charge in [0.25, 0.3) is 11.8 Å². The van der Waals surface area contributed by atoms with Gasteiger partial charge < -0.3 is 10.6 Å². The Morgan fingerprint density at radius 1 is 1.22 bits per heavy atom. The van der Waals surface area contributed by atoms with Crippen LogP contribution in [0.3, 0.4) is 0 Å². The molecule has 2 aromatic carbocycles. The molecule has 0 saturated heterocycles. The highest BCUT2D eigenvalue weighted by atomic mass is 79.9. The van der Waals surface area contributed by atoms with E-state index in [4.69, 9.17) is 11.6 Å². The summed E-state index contributed by atoms with van der Waals surface area (Å²) < 4.78 is 0.871. The standard InChI is InChI=1S/C16H11BrClN3O2/c17-10-3-1-9(2-4-10)15(22)21-14-8-19-12-6-5-11(18)7-13(12)20-16(14)23/h1-8,14H,(H,20,23)(H,21,22)/t14-/m1/s1. The lowest BCUT2D eigenvalue weighted by Crippen LogP contribution is -2.44. The van der Waals surface area contributed by atoms with Crippen LogP contribution in [0, 0.1) is 0 Å². The van der Waals surface area contributed by atoms with Gasteiger partial charge in [0.05, 0.1) is 11.4 Å². The summed E-state index contributed by atoms with van der Waals surface area (Å²) in [4.78, 5) is 28.7. The monoisotopic (exact) mass is 391 g/mol. The molecule has 0 fully saturated rings. The van der Waals surface area contributed by atoms with E-state index < -0.39 is 6.04 Å². The number of aliphatic imine (C=N–C) groups is 1. The number of amides is 2. The topological polar surface area (TPSA) is 70.6 Å². The number of anilines is 1. The zero-order chi connectivity index (χ0) is 16.4. The maximum atomic E-state index is 12.2. The quantitative estimate of drug-likeness (QED) is 0.820. The van der Waals surface area contributed by atoms with Crippen LogP contribution in [0.4, 0.5) is 11.4 Å². The molecule has 0 aromatic heterocycles. The first-order valence-corrected chi connectivity index (χ1v) is 7.91. The minimum absolute atomic E-state index is 0.354. The Balaban J connectivity index is 1.78.